The van der Waals surface area contributed by atoms with Gasteiger partial charge in [0.2, 0.25) is 0 Å². The Balaban J connectivity index is 1.88. The molecule has 0 radical (unpaired) electrons. The maximum atomic E-state index is 6.05. The first kappa shape index (κ1) is 13.6. The largest absolute Gasteiger partial charge is 0.372 e. The van der Waals surface area contributed by atoms with E-state index >= 15 is 0 Å². The summed E-state index contributed by atoms with van der Waals surface area (Å²) in [5.41, 5.74) is 8.33. The summed E-state index contributed by atoms with van der Waals surface area (Å²) in [6, 6.07) is 8.49. The number of benzene rings is 1. The molecule has 0 aliphatic heterocycles. The van der Waals surface area contributed by atoms with Crippen LogP contribution >= 0.6 is 0 Å². The van der Waals surface area contributed by atoms with Crippen molar-refractivity contribution >= 4 is 0 Å². The Hall–Kier alpha value is -0.860. The van der Waals surface area contributed by atoms with Crippen LogP contribution in [0.15, 0.2) is 24.3 Å². The fourth-order valence-electron chi connectivity index (χ4n) is 2.78. The van der Waals surface area contributed by atoms with Gasteiger partial charge < -0.3 is 10.5 Å². The molecule has 0 saturated heterocycles. The highest BCUT2D eigenvalue weighted by molar-refractivity contribution is 5.24. The molecule has 0 amide bonds. The minimum Gasteiger partial charge on any atom is -0.372 e. The molecule has 1 aromatic carbocycles. The summed E-state index contributed by atoms with van der Waals surface area (Å²) in [7, 11) is 0. The van der Waals surface area contributed by atoms with Gasteiger partial charge in [-0.05, 0) is 31.2 Å². The summed E-state index contributed by atoms with van der Waals surface area (Å²) in [6.07, 6.45) is 6.84. The molecule has 1 atom stereocenters. The van der Waals surface area contributed by atoms with Crippen LogP contribution in [0.2, 0.25) is 0 Å². The van der Waals surface area contributed by atoms with Crippen LogP contribution in [0.1, 0.15) is 49.3 Å². The van der Waals surface area contributed by atoms with Crippen LogP contribution in [0.5, 0.6) is 0 Å². The van der Waals surface area contributed by atoms with E-state index in [-0.39, 0.29) is 6.10 Å². The van der Waals surface area contributed by atoms with Gasteiger partial charge in [-0.1, -0.05) is 49.1 Å². The van der Waals surface area contributed by atoms with E-state index in [1.165, 1.54) is 43.2 Å². The molecule has 0 heterocycles. The van der Waals surface area contributed by atoms with Crippen molar-refractivity contribution in [3.05, 3.63) is 35.4 Å². The summed E-state index contributed by atoms with van der Waals surface area (Å²) in [4.78, 5) is 0. The van der Waals surface area contributed by atoms with Crippen molar-refractivity contribution in [1.29, 1.82) is 0 Å². The highest BCUT2D eigenvalue weighted by Gasteiger charge is 2.17. The fraction of sp³-hybridized carbons (Fsp3) is 0.625. The normalized spacial score (nSPS) is 18.8. The number of ether oxygens (including phenoxy) is 1. The molecule has 0 bridgehead atoms. The Morgan fingerprint density at radius 1 is 1.28 bits per heavy atom. The molecule has 2 nitrogen and oxygen atoms in total. The molecule has 1 aliphatic carbocycles. The van der Waals surface area contributed by atoms with Gasteiger partial charge in [-0.3, -0.25) is 0 Å². The molecule has 18 heavy (non-hydrogen) atoms. The Morgan fingerprint density at radius 2 is 2.06 bits per heavy atom. The van der Waals surface area contributed by atoms with Crippen LogP contribution in [-0.4, -0.2) is 13.2 Å². The first-order valence-electron chi connectivity index (χ1n) is 7.18. The summed E-state index contributed by atoms with van der Waals surface area (Å²) < 4.78 is 6.05. The standard InChI is InChI=1S/C16H25NO/c1-13-6-5-9-15(10-13)16(11-17)18-12-14-7-3-2-4-8-14/h5-6,9-10,14,16H,2-4,7-8,11-12,17H2,1H3. The van der Waals surface area contributed by atoms with Crippen molar-refractivity contribution in [2.24, 2.45) is 11.7 Å². The molecule has 1 saturated carbocycles. The molecule has 1 aliphatic rings. The quantitative estimate of drug-likeness (QED) is 0.863. The number of hydrogen-bond acceptors (Lipinski definition) is 2. The monoisotopic (exact) mass is 247 g/mol. The SMILES string of the molecule is Cc1cccc(C(CN)OCC2CCCCC2)c1. The van der Waals surface area contributed by atoms with E-state index in [9.17, 15) is 0 Å². The zero-order chi connectivity index (χ0) is 12.8. The number of rotatable bonds is 5. The lowest BCUT2D eigenvalue weighted by molar-refractivity contribution is 0.0246. The van der Waals surface area contributed by atoms with E-state index in [1.54, 1.807) is 0 Å². The molecule has 1 fully saturated rings. The van der Waals surface area contributed by atoms with Gasteiger partial charge in [0, 0.05) is 6.54 Å². The van der Waals surface area contributed by atoms with Crippen LogP contribution in [0.25, 0.3) is 0 Å². The number of aryl methyl sites for hydroxylation is 1. The zero-order valence-electron chi connectivity index (χ0n) is 11.4. The lowest BCUT2D eigenvalue weighted by atomic mass is 9.90. The Kier molecular flexibility index (Phi) is 5.21. The van der Waals surface area contributed by atoms with Gasteiger partial charge in [0.15, 0.2) is 0 Å². The van der Waals surface area contributed by atoms with Crippen LogP contribution in [0.3, 0.4) is 0 Å². The van der Waals surface area contributed by atoms with E-state index < -0.39 is 0 Å². The third-order valence-corrected chi connectivity index (χ3v) is 3.89. The van der Waals surface area contributed by atoms with Crippen molar-refractivity contribution in [3.63, 3.8) is 0 Å². The van der Waals surface area contributed by atoms with Crippen LogP contribution < -0.4 is 5.73 Å². The predicted octanol–water partition coefficient (Wildman–Crippen LogP) is 3.59. The molecule has 0 spiro atoms. The Morgan fingerprint density at radius 3 is 2.72 bits per heavy atom. The lowest BCUT2D eigenvalue weighted by Crippen LogP contribution is -2.21. The lowest BCUT2D eigenvalue weighted by Gasteiger charge is -2.24. The minimum absolute atomic E-state index is 0.0619. The molecular formula is C16H25NO. The fourth-order valence-corrected chi connectivity index (χ4v) is 2.78. The molecule has 1 aromatic rings. The van der Waals surface area contributed by atoms with Crippen LogP contribution in [0, 0.1) is 12.8 Å². The van der Waals surface area contributed by atoms with Gasteiger partial charge in [-0.25, -0.2) is 0 Å². The van der Waals surface area contributed by atoms with Crippen LogP contribution in [0.4, 0.5) is 0 Å². The van der Waals surface area contributed by atoms with Gasteiger partial charge in [0.1, 0.15) is 0 Å². The van der Waals surface area contributed by atoms with E-state index in [0.717, 1.165) is 12.5 Å². The Labute approximate surface area is 111 Å². The second kappa shape index (κ2) is 6.91. The number of hydrogen-bond donors (Lipinski definition) is 1. The van der Waals surface area contributed by atoms with Crippen molar-refractivity contribution in [2.45, 2.75) is 45.1 Å². The van der Waals surface area contributed by atoms with Gasteiger partial charge in [0.05, 0.1) is 12.7 Å². The molecule has 1 unspecified atom stereocenters. The highest BCUT2D eigenvalue weighted by atomic mass is 16.5. The maximum absolute atomic E-state index is 6.05. The summed E-state index contributed by atoms with van der Waals surface area (Å²) >= 11 is 0. The van der Waals surface area contributed by atoms with E-state index in [4.69, 9.17) is 10.5 Å². The maximum Gasteiger partial charge on any atom is 0.0947 e. The van der Waals surface area contributed by atoms with Crippen LogP contribution in [-0.2, 0) is 4.74 Å². The number of nitrogens with two attached hydrogens (primary N) is 1. The summed E-state index contributed by atoms with van der Waals surface area (Å²) in [5.74, 6) is 0.748. The van der Waals surface area contributed by atoms with E-state index in [2.05, 4.69) is 31.2 Å². The molecule has 0 aromatic heterocycles. The topological polar surface area (TPSA) is 35.2 Å². The first-order valence-corrected chi connectivity index (χ1v) is 7.18. The van der Waals surface area contributed by atoms with Crippen molar-refractivity contribution in [3.8, 4) is 0 Å². The van der Waals surface area contributed by atoms with E-state index in [1.807, 2.05) is 0 Å². The predicted molar refractivity (Wildman–Crippen MR) is 75.5 cm³/mol. The van der Waals surface area contributed by atoms with E-state index in [0.29, 0.717) is 6.54 Å². The van der Waals surface area contributed by atoms with Gasteiger partial charge >= 0.3 is 0 Å². The average molecular weight is 247 g/mol. The van der Waals surface area contributed by atoms with Crippen molar-refractivity contribution < 1.29 is 4.74 Å². The first-order chi connectivity index (χ1) is 8.79. The van der Waals surface area contributed by atoms with Gasteiger partial charge in [-0.15, -0.1) is 0 Å². The zero-order valence-corrected chi connectivity index (χ0v) is 11.4. The average Bonchev–Trinajstić information content (AvgIpc) is 2.41. The molecule has 2 N–H and O–H groups in total. The van der Waals surface area contributed by atoms with Crippen molar-refractivity contribution in [1.82, 2.24) is 0 Å². The summed E-state index contributed by atoms with van der Waals surface area (Å²) in [5, 5.41) is 0. The smallest absolute Gasteiger partial charge is 0.0947 e. The molecule has 100 valence electrons. The van der Waals surface area contributed by atoms with Gasteiger partial charge in [-0.2, -0.15) is 0 Å². The summed E-state index contributed by atoms with van der Waals surface area (Å²) in [6.45, 7) is 3.55. The molecular weight excluding hydrogens is 222 g/mol. The third-order valence-electron chi connectivity index (χ3n) is 3.89. The molecule has 2 rings (SSSR count). The second-order valence-electron chi connectivity index (χ2n) is 5.48. The third kappa shape index (κ3) is 3.82. The van der Waals surface area contributed by atoms with Crippen molar-refractivity contribution in [2.75, 3.05) is 13.2 Å². The Bertz CT molecular complexity index is 358. The second-order valence-corrected chi connectivity index (χ2v) is 5.48. The highest BCUT2D eigenvalue weighted by Crippen LogP contribution is 2.26. The van der Waals surface area contributed by atoms with Gasteiger partial charge in [0.25, 0.3) is 0 Å². The minimum atomic E-state index is 0.0619. The molecule has 2 heteroatoms.